The molecule has 0 spiro atoms. The number of nitrogens with zero attached hydrogens (tertiary/aromatic N) is 2. The van der Waals surface area contributed by atoms with E-state index in [1.807, 2.05) is 24.3 Å². The number of ether oxygens (including phenoxy) is 1. The Labute approximate surface area is 180 Å². The summed E-state index contributed by atoms with van der Waals surface area (Å²) in [6.07, 6.45) is 7.26. The summed E-state index contributed by atoms with van der Waals surface area (Å²) in [7, 11) is 0. The first kappa shape index (κ1) is 20.4. The monoisotopic (exact) mass is 425 g/mol. The van der Waals surface area contributed by atoms with Gasteiger partial charge in [0.25, 0.3) is 5.91 Å². The number of benzene rings is 1. The van der Waals surface area contributed by atoms with Gasteiger partial charge in [0.15, 0.2) is 0 Å². The molecule has 1 aliphatic carbocycles. The molecule has 2 aliphatic rings. The van der Waals surface area contributed by atoms with Crippen molar-refractivity contribution in [3.05, 3.63) is 75.3 Å². The zero-order valence-corrected chi connectivity index (χ0v) is 17.6. The number of carbonyl (C=O) groups is 1. The van der Waals surface area contributed by atoms with Gasteiger partial charge in [0.2, 0.25) is 0 Å². The smallest absolute Gasteiger partial charge is 0.274 e. The topological polar surface area (TPSA) is 67.1 Å². The molecule has 1 aliphatic heterocycles. The third-order valence-electron chi connectivity index (χ3n) is 5.30. The molecule has 4 rings (SSSR count). The van der Waals surface area contributed by atoms with Gasteiger partial charge in [0.1, 0.15) is 5.76 Å². The number of hydrazone groups is 1. The van der Waals surface area contributed by atoms with Gasteiger partial charge in [-0.25, -0.2) is 5.43 Å². The molecule has 1 amide bonds. The Balaban J connectivity index is 1.57. The lowest BCUT2D eigenvalue weighted by Gasteiger charge is -2.31. The number of amides is 1. The molecule has 156 valence electrons. The van der Waals surface area contributed by atoms with Crippen molar-refractivity contribution < 1.29 is 13.9 Å². The summed E-state index contributed by atoms with van der Waals surface area (Å²) in [5, 5.41) is 4.95. The van der Waals surface area contributed by atoms with Gasteiger partial charge in [-0.1, -0.05) is 23.7 Å². The van der Waals surface area contributed by atoms with Gasteiger partial charge in [0, 0.05) is 23.8 Å². The van der Waals surface area contributed by atoms with Crippen LogP contribution in [0.3, 0.4) is 0 Å². The van der Waals surface area contributed by atoms with E-state index in [9.17, 15) is 4.79 Å². The number of rotatable bonds is 5. The average Bonchev–Trinajstić information content (AvgIpc) is 3.36. The van der Waals surface area contributed by atoms with Crippen LogP contribution >= 0.6 is 11.6 Å². The summed E-state index contributed by atoms with van der Waals surface area (Å²) in [6.45, 7) is 4.84. The number of morpholine rings is 1. The first-order chi connectivity index (χ1) is 14.6. The normalized spacial score (nSPS) is 18.6. The van der Waals surface area contributed by atoms with E-state index >= 15 is 0 Å². The van der Waals surface area contributed by atoms with Gasteiger partial charge in [-0.3, -0.25) is 4.79 Å². The van der Waals surface area contributed by atoms with Crippen LogP contribution in [0.5, 0.6) is 0 Å². The fourth-order valence-electron chi connectivity index (χ4n) is 3.78. The Morgan fingerprint density at radius 2 is 1.93 bits per heavy atom. The van der Waals surface area contributed by atoms with Crippen LogP contribution in [0.15, 0.2) is 63.0 Å². The number of aryl methyl sites for hydroxylation is 1. The molecule has 6 nitrogen and oxygen atoms in total. The highest BCUT2D eigenvalue weighted by atomic mass is 35.5. The van der Waals surface area contributed by atoms with E-state index in [-0.39, 0.29) is 5.91 Å². The number of halogens is 1. The van der Waals surface area contributed by atoms with Crippen molar-refractivity contribution in [3.63, 3.8) is 0 Å². The first-order valence-corrected chi connectivity index (χ1v) is 10.4. The number of hydrogen-bond acceptors (Lipinski definition) is 5. The predicted molar refractivity (Wildman–Crippen MR) is 117 cm³/mol. The van der Waals surface area contributed by atoms with E-state index in [1.165, 1.54) is 17.5 Å². The molecule has 1 N–H and O–H groups in total. The van der Waals surface area contributed by atoms with E-state index in [0.717, 1.165) is 42.1 Å². The Hall–Kier alpha value is -2.83. The second kappa shape index (κ2) is 9.32. The molecule has 1 fully saturated rings. The van der Waals surface area contributed by atoms with E-state index in [1.54, 1.807) is 19.2 Å². The largest absolute Gasteiger partial charge is 0.469 e. The average molecular weight is 426 g/mol. The molecule has 0 atom stereocenters. The van der Waals surface area contributed by atoms with Gasteiger partial charge in [-0.05, 0) is 60.8 Å². The third kappa shape index (κ3) is 4.66. The van der Waals surface area contributed by atoms with Crippen molar-refractivity contribution in [3.8, 4) is 0 Å². The quantitative estimate of drug-likeness (QED) is 0.568. The molecular weight excluding hydrogens is 402 g/mol. The van der Waals surface area contributed by atoms with Crippen LogP contribution in [-0.2, 0) is 4.74 Å². The maximum absolute atomic E-state index is 12.3. The molecule has 1 aromatic carbocycles. The minimum atomic E-state index is -0.277. The summed E-state index contributed by atoms with van der Waals surface area (Å²) in [5.74, 6) is 0.297. The Bertz CT molecular complexity index is 999. The van der Waals surface area contributed by atoms with Crippen molar-refractivity contribution in [1.82, 2.24) is 10.3 Å². The maximum Gasteiger partial charge on any atom is 0.274 e. The molecule has 7 heteroatoms. The van der Waals surface area contributed by atoms with E-state index in [4.69, 9.17) is 20.8 Å². The van der Waals surface area contributed by atoms with Crippen molar-refractivity contribution >= 4 is 29.8 Å². The van der Waals surface area contributed by atoms with Crippen LogP contribution < -0.4 is 5.43 Å². The summed E-state index contributed by atoms with van der Waals surface area (Å²) in [6, 6.07) is 9.48. The molecule has 0 bridgehead atoms. The van der Waals surface area contributed by atoms with E-state index in [0.29, 0.717) is 24.5 Å². The van der Waals surface area contributed by atoms with Crippen molar-refractivity contribution in [2.75, 3.05) is 26.3 Å². The lowest BCUT2D eigenvalue weighted by atomic mass is 10.1. The fourth-order valence-corrected chi connectivity index (χ4v) is 3.91. The van der Waals surface area contributed by atoms with Crippen LogP contribution in [0.1, 0.15) is 34.5 Å². The second-order valence-electron chi connectivity index (χ2n) is 7.28. The number of hydrogen-bond donors (Lipinski definition) is 1. The molecule has 2 heterocycles. The van der Waals surface area contributed by atoms with Crippen molar-refractivity contribution in [1.29, 1.82) is 0 Å². The summed E-state index contributed by atoms with van der Waals surface area (Å²) in [5.41, 5.74) is 7.77. The van der Waals surface area contributed by atoms with E-state index < -0.39 is 0 Å². The molecular formula is C23H24ClN3O3. The zero-order valence-electron chi connectivity index (χ0n) is 16.9. The highest BCUT2D eigenvalue weighted by Crippen LogP contribution is 2.35. The molecule has 2 aromatic rings. The van der Waals surface area contributed by atoms with Gasteiger partial charge >= 0.3 is 0 Å². The van der Waals surface area contributed by atoms with Crippen molar-refractivity contribution in [2.45, 2.75) is 19.8 Å². The van der Waals surface area contributed by atoms with Crippen LogP contribution in [-0.4, -0.2) is 43.3 Å². The summed E-state index contributed by atoms with van der Waals surface area (Å²) >= 11 is 6.02. The number of allylic oxidation sites excluding steroid dienone is 2. The zero-order chi connectivity index (χ0) is 20.9. The SMILES string of the molecule is Cc1occc1C(=O)N/N=C\C1=C(N2CCOCC2)C(=C/c2ccc(Cl)cc2)/CC1. The van der Waals surface area contributed by atoms with Crippen LogP contribution in [0.2, 0.25) is 5.02 Å². The Morgan fingerprint density at radius 1 is 1.17 bits per heavy atom. The van der Waals surface area contributed by atoms with Gasteiger partial charge in [-0.15, -0.1) is 0 Å². The molecule has 1 saturated heterocycles. The van der Waals surface area contributed by atoms with Gasteiger partial charge < -0.3 is 14.1 Å². The first-order valence-electron chi connectivity index (χ1n) is 10.0. The summed E-state index contributed by atoms with van der Waals surface area (Å²) < 4.78 is 10.7. The Morgan fingerprint density at radius 3 is 2.63 bits per heavy atom. The van der Waals surface area contributed by atoms with Crippen LogP contribution in [0.4, 0.5) is 0 Å². The molecule has 0 unspecified atom stereocenters. The lowest BCUT2D eigenvalue weighted by Crippen LogP contribution is -2.36. The third-order valence-corrected chi connectivity index (χ3v) is 5.55. The number of carbonyl (C=O) groups excluding carboxylic acids is 1. The Kier molecular flexibility index (Phi) is 6.35. The van der Waals surface area contributed by atoms with Gasteiger partial charge in [0.05, 0.1) is 31.3 Å². The lowest BCUT2D eigenvalue weighted by molar-refractivity contribution is 0.0548. The van der Waals surface area contributed by atoms with Gasteiger partial charge in [-0.2, -0.15) is 5.10 Å². The van der Waals surface area contributed by atoms with Crippen molar-refractivity contribution in [2.24, 2.45) is 5.10 Å². The second-order valence-corrected chi connectivity index (χ2v) is 7.72. The fraction of sp³-hybridized carbons (Fsp3) is 0.304. The predicted octanol–water partition coefficient (Wildman–Crippen LogP) is 4.42. The van der Waals surface area contributed by atoms with E-state index in [2.05, 4.69) is 21.5 Å². The van der Waals surface area contributed by atoms with Crippen LogP contribution in [0, 0.1) is 6.92 Å². The molecule has 30 heavy (non-hydrogen) atoms. The molecule has 0 saturated carbocycles. The summed E-state index contributed by atoms with van der Waals surface area (Å²) in [4.78, 5) is 14.6. The number of furan rings is 1. The highest BCUT2D eigenvalue weighted by Gasteiger charge is 2.25. The maximum atomic E-state index is 12.3. The highest BCUT2D eigenvalue weighted by molar-refractivity contribution is 6.30. The standard InChI is InChI=1S/C23H24ClN3O3/c1-16-21(8-11-30-16)23(28)26-25-15-19-5-4-18(14-17-2-6-20(24)7-3-17)22(19)27-9-12-29-13-10-27/h2-3,6-8,11,14-15H,4-5,9-10,12-13H2,1H3,(H,26,28)/b18-14+,25-15-. The minimum absolute atomic E-state index is 0.277. The molecule has 0 radical (unpaired) electrons. The molecule has 1 aromatic heterocycles. The number of nitrogens with one attached hydrogen (secondary N) is 1. The minimum Gasteiger partial charge on any atom is -0.469 e. The van der Waals surface area contributed by atoms with Crippen LogP contribution in [0.25, 0.3) is 6.08 Å².